The van der Waals surface area contributed by atoms with Crippen molar-refractivity contribution in [3.63, 3.8) is 0 Å². The van der Waals surface area contributed by atoms with Crippen LogP contribution in [0.3, 0.4) is 0 Å². The van der Waals surface area contributed by atoms with Crippen molar-refractivity contribution in [2.45, 2.75) is 26.4 Å². The molecule has 78 valence electrons. The number of aliphatic hydroxyl groups excluding tert-OH is 1. The van der Waals surface area contributed by atoms with Gasteiger partial charge in [-0.1, -0.05) is 31.2 Å². The average Bonchev–Trinajstić information content (AvgIpc) is 2.26. The molecule has 0 fully saturated rings. The number of aryl methyl sites for hydroxylation is 1. The van der Waals surface area contributed by atoms with Crippen molar-refractivity contribution in [3.8, 4) is 0 Å². The van der Waals surface area contributed by atoms with E-state index in [4.69, 9.17) is 4.74 Å². The number of hydrogen-bond donors (Lipinski definition) is 1. The molecule has 14 heavy (non-hydrogen) atoms. The molecule has 2 heteroatoms. The van der Waals surface area contributed by atoms with Crippen molar-refractivity contribution < 1.29 is 9.84 Å². The second kappa shape index (κ2) is 5.78. The van der Waals surface area contributed by atoms with Crippen molar-refractivity contribution >= 4 is 0 Å². The molecule has 1 atom stereocenters. The third-order valence-corrected chi connectivity index (χ3v) is 2.22. The van der Waals surface area contributed by atoms with Gasteiger partial charge in [-0.2, -0.15) is 0 Å². The first-order valence-electron chi connectivity index (χ1n) is 5.12. The topological polar surface area (TPSA) is 29.5 Å². The highest BCUT2D eigenvalue weighted by atomic mass is 16.5. The Morgan fingerprint density at radius 2 is 2.14 bits per heavy atom. The molecule has 1 aromatic rings. The molecule has 2 nitrogen and oxygen atoms in total. The van der Waals surface area contributed by atoms with Crippen LogP contribution in [0.2, 0.25) is 0 Å². The molecule has 0 aliphatic rings. The van der Waals surface area contributed by atoms with Gasteiger partial charge in [0.2, 0.25) is 0 Å². The lowest BCUT2D eigenvalue weighted by molar-refractivity contribution is 0.0420. The van der Waals surface area contributed by atoms with E-state index < -0.39 is 6.10 Å². The van der Waals surface area contributed by atoms with Gasteiger partial charge in [-0.3, -0.25) is 0 Å². The summed E-state index contributed by atoms with van der Waals surface area (Å²) in [4.78, 5) is 0. The Hall–Kier alpha value is -0.860. The van der Waals surface area contributed by atoms with Gasteiger partial charge in [0.25, 0.3) is 0 Å². The zero-order valence-corrected chi connectivity index (χ0v) is 8.86. The molecule has 0 aliphatic heterocycles. The third-order valence-electron chi connectivity index (χ3n) is 2.22. The summed E-state index contributed by atoms with van der Waals surface area (Å²) in [5.41, 5.74) is 2.19. The Morgan fingerprint density at radius 1 is 1.36 bits per heavy atom. The molecule has 0 spiro atoms. The van der Waals surface area contributed by atoms with E-state index in [-0.39, 0.29) is 0 Å². The van der Waals surface area contributed by atoms with Gasteiger partial charge in [0, 0.05) is 6.61 Å². The fourth-order valence-corrected chi connectivity index (χ4v) is 1.35. The van der Waals surface area contributed by atoms with Crippen LogP contribution in [0, 0.1) is 0 Å². The molecule has 0 radical (unpaired) electrons. The zero-order chi connectivity index (χ0) is 10.4. The normalized spacial score (nSPS) is 12.8. The Kier molecular flexibility index (Phi) is 4.63. The van der Waals surface area contributed by atoms with E-state index in [1.165, 1.54) is 5.56 Å². The molecule has 1 rings (SSSR count). The van der Waals surface area contributed by atoms with Crippen LogP contribution in [-0.4, -0.2) is 18.3 Å². The summed E-state index contributed by atoms with van der Waals surface area (Å²) in [5.74, 6) is 0. The summed E-state index contributed by atoms with van der Waals surface area (Å²) in [6.45, 7) is 5.05. The fourth-order valence-electron chi connectivity index (χ4n) is 1.35. The standard InChI is InChI=1S/C12H18O2/c1-3-10-6-5-7-11(8-10)12(13)9-14-4-2/h5-8,12-13H,3-4,9H2,1-2H3. The Labute approximate surface area is 85.5 Å². The largest absolute Gasteiger partial charge is 0.386 e. The molecule has 1 aromatic carbocycles. The summed E-state index contributed by atoms with van der Waals surface area (Å²) in [5, 5.41) is 9.75. The molecular weight excluding hydrogens is 176 g/mol. The summed E-state index contributed by atoms with van der Waals surface area (Å²) >= 11 is 0. The van der Waals surface area contributed by atoms with Crippen LogP contribution >= 0.6 is 0 Å². The predicted molar refractivity (Wildman–Crippen MR) is 57.3 cm³/mol. The molecule has 0 heterocycles. The van der Waals surface area contributed by atoms with Crippen LogP contribution in [-0.2, 0) is 11.2 Å². The molecule has 1 N–H and O–H groups in total. The van der Waals surface area contributed by atoms with E-state index in [1.807, 2.05) is 25.1 Å². The number of rotatable bonds is 5. The van der Waals surface area contributed by atoms with Crippen molar-refractivity contribution in [3.05, 3.63) is 35.4 Å². The van der Waals surface area contributed by atoms with E-state index in [9.17, 15) is 5.11 Å². The number of hydrogen-bond acceptors (Lipinski definition) is 2. The van der Waals surface area contributed by atoms with Gasteiger partial charge in [-0.15, -0.1) is 0 Å². The minimum Gasteiger partial charge on any atom is -0.386 e. The molecular formula is C12H18O2. The van der Waals surface area contributed by atoms with Gasteiger partial charge >= 0.3 is 0 Å². The minimum atomic E-state index is -0.499. The van der Waals surface area contributed by atoms with Gasteiger partial charge in [0.1, 0.15) is 6.10 Å². The van der Waals surface area contributed by atoms with Crippen LogP contribution in [0.5, 0.6) is 0 Å². The fraction of sp³-hybridized carbons (Fsp3) is 0.500. The highest BCUT2D eigenvalue weighted by Gasteiger charge is 2.06. The number of benzene rings is 1. The van der Waals surface area contributed by atoms with Crippen molar-refractivity contribution in [2.75, 3.05) is 13.2 Å². The van der Waals surface area contributed by atoms with Gasteiger partial charge in [-0.05, 0) is 24.5 Å². The highest BCUT2D eigenvalue weighted by molar-refractivity contribution is 5.25. The quantitative estimate of drug-likeness (QED) is 0.779. The van der Waals surface area contributed by atoms with E-state index >= 15 is 0 Å². The maximum Gasteiger partial charge on any atom is 0.102 e. The van der Waals surface area contributed by atoms with Gasteiger partial charge in [0.15, 0.2) is 0 Å². The molecule has 0 aromatic heterocycles. The van der Waals surface area contributed by atoms with Gasteiger partial charge in [0.05, 0.1) is 6.61 Å². The first-order chi connectivity index (χ1) is 6.77. The summed E-state index contributed by atoms with van der Waals surface area (Å²) in [7, 11) is 0. The van der Waals surface area contributed by atoms with Crippen LogP contribution in [0.4, 0.5) is 0 Å². The second-order valence-corrected chi connectivity index (χ2v) is 3.27. The maximum atomic E-state index is 9.75. The van der Waals surface area contributed by atoms with E-state index in [1.54, 1.807) is 0 Å². The second-order valence-electron chi connectivity index (χ2n) is 3.27. The summed E-state index contributed by atoms with van der Waals surface area (Å²) in [6.07, 6.45) is 0.497. The van der Waals surface area contributed by atoms with Crippen molar-refractivity contribution in [1.82, 2.24) is 0 Å². The molecule has 0 amide bonds. The Morgan fingerprint density at radius 3 is 2.79 bits per heavy atom. The van der Waals surface area contributed by atoms with Crippen LogP contribution < -0.4 is 0 Å². The van der Waals surface area contributed by atoms with E-state index in [0.717, 1.165) is 12.0 Å². The molecule has 1 unspecified atom stereocenters. The van der Waals surface area contributed by atoms with Gasteiger partial charge < -0.3 is 9.84 Å². The smallest absolute Gasteiger partial charge is 0.102 e. The molecule has 0 saturated carbocycles. The Bertz CT molecular complexity index is 271. The first kappa shape index (κ1) is 11.2. The summed E-state index contributed by atoms with van der Waals surface area (Å²) in [6, 6.07) is 8.01. The molecule has 0 aliphatic carbocycles. The van der Waals surface area contributed by atoms with Crippen LogP contribution in [0.15, 0.2) is 24.3 Å². The van der Waals surface area contributed by atoms with E-state index in [0.29, 0.717) is 13.2 Å². The average molecular weight is 194 g/mol. The molecule has 0 bridgehead atoms. The van der Waals surface area contributed by atoms with Crippen molar-refractivity contribution in [1.29, 1.82) is 0 Å². The Balaban J connectivity index is 2.64. The monoisotopic (exact) mass is 194 g/mol. The first-order valence-corrected chi connectivity index (χ1v) is 5.12. The van der Waals surface area contributed by atoms with E-state index in [2.05, 4.69) is 13.0 Å². The lowest BCUT2D eigenvalue weighted by Gasteiger charge is -2.11. The van der Waals surface area contributed by atoms with Crippen molar-refractivity contribution in [2.24, 2.45) is 0 Å². The predicted octanol–water partition coefficient (Wildman–Crippen LogP) is 2.32. The lowest BCUT2D eigenvalue weighted by atomic mass is 10.1. The maximum absolute atomic E-state index is 9.75. The van der Waals surface area contributed by atoms with Gasteiger partial charge in [-0.25, -0.2) is 0 Å². The summed E-state index contributed by atoms with van der Waals surface area (Å²) < 4.78 is 5.17. The van der Waals surface area contributed by atoms with Crippen LogP contribution in [0.25, 0.3) is 0 Å². The number of aliphatic hydroxyl groups is 1. The SMILES string of the molecule is CCOCC(O)c1cccc(CC)c1. The number of ether oxygens (including phenoxy) is 1. The molecule has 0 saturated heterocycles. The zero-order valence-electron chi connectivity index (χ0n) is 8.86. The third kappa shape index (κ3) is 3.13. The lowest BCUT2D eigenvalue weighted by Crippen LogP contribution is -2.07. The van der Waals surface area contributed by atoms with Crippen LogP contribution in [0.1, 0.15) is 31.1 Å². The minimum absolute atomic E-state index is 0.379. The highest BCUT2D eigenvalue weighted by Crippen LogP contribution is 2.15.